The van der Waals surface area contributed by atoms with Crippen molar-refractivity contribution in [1.82, 2.24) is 8.61 Å². The fourth-order valence-electron chi connectivity index (χ4n) is 4.85. The lowest BCUT2D eigenvalue weighted by Crippen LogP contribution is -2.25. The molecule has 188 valence electrons. The van der Waals surface area contributed by atoms with Crippen LogP contribution in [0.5, 0.6) is 0 Å². The summed E-state index contributed by atoms with van der Waals surface area (Å²) in [6, 6.07) is 0. The Morgan fingerprint density at radius 3 is 1.32 bits per heavy atom. The zero-order chi connectivity index (χ0) is 24.3. The van der Waals surface area contributed by atoms with Crippen LogP contribution in [0.2, 0.25) is 0 Å². The van der Waals surface area contributed by atoms with Gasteiger partial charge in [-0.1, -0.05) is 103 Å². The highest BCUT2D eigenvalue weighted by molar-refractivity contribution is 8.75. The molecule has 1 fully saturated rings. The summed E-state index contributed by atoms with van der Waals surface area (Å²) in [4.78, 5) is 49.9. The van der Waals surface area contributed by atoms with Crippen LogP contribution in [0.15, 0.2) is 23.3 Å². The summed E-state index contributed by atoms with van der Waals surface area (Å²) >= 11 is 0. The van der Waals surface area contributed by atoms with E-state index in [0.717, 1.165) is 49.8 Å². The topological polar surface area (TPSA) is 74.8 Å². The summed E-state index contributed by atoms with van der Waals surface area (Å²) in [7, 11) is 1.67. The number of rotatable bonds is 16. The summed E-state index contributed by atoms with van der Waals surface area (Å²) < 4.78 is 2.09. The highest BCUT2D eigenvalue weighted by Crippen LogP contribution is 2.44. The van der Waals surface area contributed by atoms with Gasteiger partial charge in [-0.25, -0.2) is 8.61 Å². The van der Waals surface area contributed by atoms with Gasteiger partial charge in [-0.3, -0.25) is 19.2 Å². The van der Waals surface area contributed by atoms with E-state index < -0.39 is 5.92 Å². The van der Waals surface area contributed by atoms with Gasteiger partial charge in [0.15, 0.2) is 0 Å². The molecule has 4 bridgehead atoms. The van der Waals surface area contributed by atoms with Crippen molar-refractivity contribution in [2.24, 2.45) is 5.92 Å². The Labute approximate surface area is 212 Å². The number of fused-ring (bicyclic) bond motifs is 4. The van der Waals surface area contributed by atoms with Crippen molar-refractivity contribution in [3.8, 4) is 0 Å². The molecule has 3 aliphatic heterocycles. The molecule has 4 amide bonds. The van der Waals surface area contributed by atoms with Gasteiger partial charge in [0.25, 0.3) is 23.6 Å². The number of hydrogen-bond acceptors (Lipinski definition) is 6. The minimum Gasteiger partial charge on any atom is -0.268 e. The van der Waals surface area contributed by atoms with Gasteiger partial charge < -0.3 is 0 Å². The van der Waals surface area contributed by atoms with Crippen LogP contribution in [0.3, 0.4) is 0 Å². The molecule has 0 aromatic rings. The number of imide groups is 2. The molecular weight excluding hydrogens is 468 g/mol. The maximum absolute atomic E-state index is 12.7. The molecule has 3 rings (SSSR count). The molecule has 0 aromatic heterocycles. The Balaban J connectivity index is 1.32. The second kappa shape index (κ2) is 14.1. The van der Waals surface area contributed by atoms with Crippen LogP contribution < -0.4 is 0 Å². The van der Waals surface area contributed by atoms with Crippen LogP contribution in [0.4, 0.5) is 0 Å². The van der Waals surface area contributed by atoms with E-state index in [1.54, 1.807) is 0 Å². The molecule has 3 aliphatic rings. The number of amides is 4. The summed E-state index contributed by atoms with van der Waals surface area (Å²) in [6.45, 7) is 2.26. The van der Waals surface area contributed by atoms with E-state index >= 15 is 0 Å². The lowest BCUT2D eigenvalue weighted by molar-refractivity contribution is -0.132. The van der Waals surface area contributed by atoms with E-state index in [0.29, 0.717) is 17.6 Å². The first-order valence-electron chi connectivity index (χ1n) is 13.1. The Bertz CT molecular complexity index is 774. The van der Waals surface area contributed by atoms with Crippen LogP contribution in [0, 0.1) is 5.92 Å². The summed E-state index contributed by atoms with van der Waals surface area (Å²) in [5.74, 6) is -1.97. The maximum Gasteiger partial charge on any atom is 0.268 e. The fourth-order valence-corrected chi connectivity index (χ4v) is 6.83. The third kappa shape index (κ3) is 7.23. The maximum atomic E-state index is 12.7. The highest BCUT2D eigenvalue weighted by atomic mass is 33.1. The Kier molecular flexibility index (Phi) is 11.2. The molecule has 0 atom stereocenters. The van der Waals surface area contributed by atoms with E-state index in [-0.39, 0.29) is 23.6 Å². The summed E-state index contributed by atoms with van der Waals surface area (Å²) in [5, 5.41) is 0. The van der Waals surface area contributed by atoms with Gasteiger partial charge in [0.2, 0.25) is 0 Å². The van der Waals surface area contributed by atoms with Gasteiger partial charge in [-0.15, -0.1) is 0 Å². The number of carbonyl (C=O) groups excluding carboxylic acids is 4. The number of unbranched alkanes of at least 4 members (excludes halogenated alkanes) is 14. The molecule has 6 nitrogen and oxygen atoms in total. The number of hydrogen-bond donors (Lipinski definition) is 0. The standard InChI is InChI=1S/C26H38N2O4S2/c1-2-3-4-5-6-7-8-9-10-11-12-13-14-15-16-17-20-21-18-23(29)27(25(21)31)33-34-28-24(30)19-22(20)26(28)32/h18-20H,2-17H2,1H3. The SMILES string of the molecule is CCCCCCCCCCCCCCCCCC1C2=CC(=O)N(SSN3C(=O)C=C1C3=O)C2=O. The largest absolute Gasteiger partial charge is 0.268 e. The van der Waals surface area contributed by atoms with E-state index in [4.69, 9.17) is 0 Å². The summed E-state index contributed by atoms with van der Waals surface area (Å²) in [5.41, 5.74) is 0.694. The first-order chi connectivity index (χ1) is 16.5. The van der Waals surface area contributed by atoms with Crippen LogP contribution >= 0.6 is 22.0 Å². The molecule has 34 heavy (non-hydrogen) atoms. The van der Waals surface area contributed by atoms with Crippen molar-refractivity contribution in [1.29, 1.82) is 0 Å². The molecular formula is C26H38N2O4S2. The van der Waals surface area contributed by atoms with Crippen LogP contribution in [0.1, 0.15) is 110 Å². The van der Waals surface area contributed by atoms with Gasteiger partial charge in [0.05, 0.1) is 22.0 Å². The fraction of sp³-hybridized carbons (Fsp3) is 0.692. The van der Waals surface area contributed by atoms with E-state index in [1.165, 1.54) is 89.2 Å². The zero-order valence-electron chi connectivity index (χ0n) is 20.4. The second-order valence-corrected chi connectivity index (χ2v) is 11.4. The van der Waals surface area contributed by atoms with Crippen molar-refractivity contribution in [3.63, 3.8) is 0 Å². The first-order valence-corrected chi connectivity index (χ1v) is 15.2. The molecule has 0 unspecified atom stereocenters. The van der Waals surface area contributed by atoms with Crippen LogP contribution in [-0.2, 0) is 19.2 Å². The lowest BCUT2D eigenvalue weighted by Gasteiger charge is -2.17. The summed E-state index contributed by atoms with van der Waals surface area (Å²) in [6.07, 6.45) is 22.4. The minimum atomic E-state index is -0.482. The average Bonchev–Trinajstić information content (AvgIpc) is 3.26. The van der Waals surface area contributed by atoms with Gasteiger partial charge in [0.1, 0.15) is 0 Å². The first kappa shape index (κ1) is 27.1. The van der Waals surface area contributed by atoms with Gasteiger partial charge >= 0.3 is 0 Å². The van der Waals surface area contributed by atoms with Crippen LogP contribution in [0.25, 0.3) is 0 Å². The Morgan fingerprint density at radius 2 is 0.941 bits per heavy atom. The van der Waals surface area contributed by atoms with Crippen molar-refractivity contribution in [3.05, 3.63) is 23.3 Å². The number of nitrogens with zero attached hydrogens (tertiary/aromatic N) is 2. The molecule has 1 saturated heterocycles. The van der Waals surface area contributed by atoms with Gasteiger partial charge in [-0.2, -0.15) is 0 Å². The smallest absolute Gasteiger partial charge is 0.268 e. The monoisotopic (exact) mass is 506 g/mol. The predicted molar refractivity (Wildman–Crippen MR) is 138 cm³/mol. The van der Waals surface area contributed by atoms with Gasteiger partial charge in [-0.05, 0) is 6.42 Å². The predicted octanol–water partition coefficient (Wildman–Crippen LogP) is 6.68. The Morgan fingerprint density at radius 1 is 0.588 bits per heavy atom. The van der Waals surface area contributed by atoms with Crippen molar-refractivity contribution in [2.75, 3.05) is 0 Å². The molecule has 0 aromatic carbocycles. The zero-order valence-corrected chi connectivity index (χ0v) is 22.0. The van der Waals surface area contributed by atoms with Crippen molar-refractivity contribution < 1.29 is 19.2 Å². The quantitative estimate of drug-likeness (QED) is 0.101. The lowest BCUT2D eigenvalue weighted by atomic mass is 9.86. The van der Waals surface area contributed by atoms with E-state index in [1.807, 2.05) is 0 Å². The molecule has 0 saturated carbocycles. The minimum absolute atomic E-state index is 0.347. The van der Waals surface area contributed by atoms with Crippen LogP contribution in [-0.4, -0.2) is 32.2 Å². The molecule has 3 heterocycles. The normalized spacial score (nSPS) is 18.4. The van der Waals surface area contributed by atoms with Gasteiger partial charge in [0, 0.05) is 29.2 Å². The molecule has 0 spiro atoms. The average molecular weight is 507 g/mol. The van der Waals surface area contributed by atoms with Crippen molar-refractivity contribution in [2.45, 2.75) is 110 Å². The molecule has 8 heteroatoms. The second-order valence-electron chi connectivity index (χ2n) is 9.51. The van der Waals surface area contributed by atoms with E-state index in [9.17, 15) is 19.2 Å². The Hall–Kier alpha value is -1.54. The third-order valence-corrected chi connectivity index (χ3v) is 9.00. The molecule has 0 radical (unpaired) electrons. The molecule has 0 aliphatic carbocycles. The third-order valence-electron chi connectivity index (χ3n) is 6.85. The molecule has 0 N–H and O–H groups in total. The highest BCUT2D eigenvalue weighted by Gasteiger charge is 2.45. The number of carbonyl (C=O) groups is 4. The van der Waals surface area contributed by atoms with E-state index in [2.05, 4.69) is 6.92 Å². The van der Waals surface area contributed by atoms with Crippen molar-refractivity contribution >= 4 is 45.6 Å².